The average molecular weight is 210 g/mol. The van der Waals surface area contributed by atoms with E-state index in [1.165, 1.54) is 16.7 Å². The highest BCUT2D eigenvalue weighted by Crippen LogP contribution is 2.13. The van der Waals surface area contributed by atoms with Gasteiger partial charge in [0.15, 0.2) is 0 Å². The Hall–Kier alpha value is -1.62. The summed E-state index contributed by atoms with van der Waals surface area (Å²) in [4.78, 5) is 13.9. The number of aromatic nitrogens is 2. The van der Waals surface area contributed by atoms with Crippen molar-refractivity contribution < 1.29 is 9.50 Å². The first kappa shape index (κ1) is 9.92. The molecule has 0 spiro atoms. The first-order chi connectivity index (χ1) is 7.09. The summed E-state index contributed by atoms with van der Waals surface area (Å²) in [5.74, 6) is -0.464. The molecule has 0 saturated carbocycles. The summed E-state index contributed by atoms with van der Waals surface area (Å²) >= 11 is 0. The molecule has 0 radical (unpaired) electrons. The van der Waals surface area contributed by atoms with Crippen molar-refractivity contribution >= 4 is 11.0 Å². The van der Waals surface area contributed by atoms with E-state index in [-0.39, 0.29) is 12.1 Å². The minimum absolute atomic E-state index is 0.155. The Labute approximate surface area is 85.0 Å². The van der Waals surface area contributed by atoms with E-state index in [1.54, 1.807) is 13.0 Å². The summed E-state index contributed by atoms with van der Waals surface area (Å²) in [5, 5.41) is 9.21. The molecule has 2 aromatic rings. The topological polar surface area (TPSA) is 58.0 Å². The van der Waals surface area contributed by atoms with Gasteiger partial charge in [0, 0.05) is 0 Å². The van der Waals surface area contributed by atoms with E-state index >= 15 is 0 Å². The van der Waals surface area contributed by atoms with Gasteiger partial charge in [-0.15, -0.1) is 0 Å². The molecule has 0 aliphatic carbocycles. The van der Waals surface area contributed by atoms with Crippen LogP contribution in [-0.2, 0) is 6.54 Å². The highest BCUT2D eigenvalue weighted by Gasteiger charge is 2.10. The zero-order valence-electron chi connectivity index (χ0n) is 8.20. The molecule has 0 saturated heterocycles. The summed E-state index contributed by atoms with van der Waals surface area (Å²) in [6.07, 6.45) is -0.648. The van der Waals surface area contributed by atoms with E-state index in [4.69, 9.17) is 0 Å². The molecule has 80 valence electrons. The van der Waals surface area contributed by atoms with Crippen LogP contribution in [0.2, 0.25) is 0 Å². The molecule has 0 bridgehead atoms. The largest absolute Gasteiger partial charge is 0.392 e. The molecule has 1 aromatic heterocycles. The van der Waals surface area contributed by atoms with Gasteiger partial charge >= 0.3 is 5.69 Å². The third kappa shape index (κ3) is 1.66. The molecule has 1 heterocycles. The second kappa shape index (κ2) is 3.51. The number of para-hydroxylation sites is 1. The molecule has 15 heavy (non-hydrogen) atoms. The van der Waals surface area contributed by atoms with Crippen molar-refractivity contribution in [1.82, 2.24) is 9.55 Å². The van der Waals surface area contributed by atoms with Crippen LogP contribution in [0.4, 0.5) is 4.39 Å². The first-order valence-corrected chi connectivity index (χ1v) is 4.64. The van der Waals surface area contributed by atoms with E-state index in [9.17, 15) is 14.3 Å². The molecule has 2 rings (SSSR count). The fourth-order valence-electron chi connectivity index (χ4n) is 1.59. The Balaban J connectivity index is 2.69. The van der Waals surface area contributed by atoms with Crippen LogP contribution in [-0.4, -0.2) is 20.8 Å². The van der Waals surface area contributed by atoms with Gasteiger partial charge in [-0.2, -0.15) is 0 Å². The van der Waals surface area contributed by atoms with Crippen LogP contribution < -0.4 is 5.69 Å². The first-order valence-electron chi connectivity index (χ1n) is 4.64. The number of nitrogens with one attached hydrogen (secondary N) is 1. The maximum Gasteiger partial charge on any atom is 0.326 e. The number of H-pyrrole nitrogens is 1. The van der Waals surface area contributed by atoms with Gasteiger partial charge in [-0.05, 0) is 19.1 Å². The van der Waals surface area contributed by atoms with Gasteiger partial charge < -0.3 is 10.1 Å². The number of hydrogen-bond acceptors (Lipinski definition) is 2. The Morgan fingerprint density at radius 1 is 1.60 bits per heavy atom. The molecule has 1 unspecified atom stereocenters. The Morgan fingerprint density at radius 3 is 3.00 bits per heavy atom. The van der Waals surface area contributed by atoms with Crippen LogP contribution >= 0.6 is 0 Å². The van der Waals surface area contributed by atoms with Gasteiger partial charge in [0.2, 0.25) is 0 Å². The smallest absolute Gasteiger partial charge is 0.326 e. The summed E-state index contributed by atoms with van der Waals surface area (Å²) in [6, 6.07) is 4.45. The lowest BCUT2D eigenvalue weighted by Crippen LogP contribution is -2.22. The van der Waals surface area contributed by atoms with Crippen LogP contribution in [0, 0.1) is 5.82 Å². The third-order valence-electron chi connectivity index (χ3n) is 2.21. The predicted octanol–water partition coefficient (Wildman–Crippen LogP) is 0.849. The van der Waals surface area contributed by atoms with Crippen molar-refractivity contribution in [2.45, 2.75) is 19.6 Å². The zero-order chi connectivity index (χ0) is 11.0. The van der Waals surface area contributed by atoms with Crippen LogP contribution in [0.25, 0.3) is 11.0 Å². The quantitative estimate of drug-likeness (QED) is 0.772. The number of halogens is 1. The number of fused-ring (bicyclic) bond motifs is 1. The van der Waals surface area contributed by atoms with Crippen LogP contribution in [0.15, 0.2) is 23.0 Å². The number of nitrogens with zero attached hydrogens (tertiary/aromatic N) is 1. The van der Waals surface area contributed by atoms with Crippen LogP contribution in [0.5, 0.6) is 0 Å². The van der Waals surface area contributed by atoms with Crippen molar-refractivity contribution in [2.75, 3.05) is 0 Å². The summed E-state index contributed by atoms with van der Waals surface area (Å²) in [5.41, 5.74) is 0.250. The number of benzene rings is 1. The number of aromatic amines is 1. The molecule has 1 aromatic carbocycles. The molecule has 0 aliphatic heterocycles. The van der Waals surface area contributed by atoms with E-state index in [1.807, 2.05) is 0 Å². The van der Waals surface area contributed by atoms with Crippen LogP contribution in [0.3, 0.4) is 0 Å². The van der Waals surface area contributed by atoms with Gasteiger partial charge in [0.25, 0.3) is 0 Å². The zero-order valence-corrected chi connectivity index (χ0v) is 8.20. The number of hydrogen-bond donors (Lipinski definition) is 2. The fourth-order valence-corrected chi connectivity index (χ4v) is 1.59. The fraction of sp³-hybridized carbons (Fsp3) is 0.300. The summed E-state index contributed by atoms with van der Waals surface area (Å²) < 4.78 is 14.6. The molecular formula is C10H11FN2O2. The monoisotopic (exact) mass is 210 g/mol. The molecule has 0 aliphatic rings. The van der Waals surface area contributed by atoms with Crippen molar-refractivity contribution in [2.24, 2.45) is 0 Å². The van der Waals surface area contributed by atoms with Gasteiger partial charge in [-0.3, -0.25) is 4.57 Å². The SMILES string of the molecule is CC(O)Cn1c(=O)[nH]c2c(F)cccc21. The van der Waals surface area contributed by atoms with E-state index in [0.717, 1.165) is 0 Å². The van der Waals surface area contributed by atoms with E-state index in [0.29, 0.717) is 5.52 Å². The minimum Gasteiger partial charge on any atom is -0.392 e. The lowest BCUT2D eigenvalue weighted by molar-refractivity contribution is 0.174. The van der Waals surface area contributed by atoms with Gasteiger partial charge in [0.05, 0.1) is 18.2 Å². The highest BCUT2D eigenvalue weighted by atomic mass is 19.1. The standard InChI is InChI=1S/C10H11FN2O2/c1-6(14)5-13-8-4-2-3-7(11)9(8)12-10(13)15/h2-4,6,14H,5H2,1H3,(H,12,15). The molecule has 4 nitrogen and oxygen atoms in total. The summed E-state index contributed by atoms with van der Waals surface area (Å²) in [7, 11) is 0. The van der Waals surface area contributed by atoms with Gasteiger partial charge in [-0.1, -0.05) is 6.07 Å². The lowest BCUT2D eigenvalue weighted by atomic mass is 10.3. The Bertz CT molecular complexity index is 542. The number of rotatable bonds is 2. The number of aliphatic hydroxyl groups is 1. The molecular weight excluding hydrogens is 199 g/mol. The van der Waals surface area contributed by atoms with E-state index in [2.05, 4.69) is 4.98 Å². The number of imidazole rings is 1. The van der Waals surface area contributed by atoms with Crippen molar-refractivity contribution in [3.8, 4) is 0 Å². The van der Waals surface area contributed by atoms with Gasteiger partial charge in [0.1, 0.15) is 11.3 Å². The van der Waals surface area contributed by atoms with Crippen molar-refractivity contribution in [1.29, 1.82) is 0 Å². The van der Waals surface area contributed by atoms with Crippen molar-refractivity contribution in [3.05, 3.63) is 34.5 Å². The predicted molar refractivity (Wildman–Crippen MR) is 54.2 cm³/mol. The maximum absolute atomic E-state index is 13.3. The molecule has 0 amide bonds. The third-order valence-corrected chi connectivity index (χ3v) is 2.21. The Kier molecular flexibility index (Phi) is 2.32. The molecule has 1 atom stereocenters. The van der Waals surface area contributed by atoms with Gasteiger partial charge in [-0.25, -0.2) is 9.18 Å². The lowest BCUT2D eigenvalue weighted by Gasteiger charge is -2.05. The van der Waals surface area contributed by atoms with Crippen molar-refractivity contribution in [3.63, 3.8) is 0 Å². The Morgan fingerprint density at radius 2 is 2.33 bits per heavy atom. The normalized spacial score (nSPS) is 13.3. The maximum atomic E-state index is 13.3. The molecule has 0 fully saturated rings. The molecule has 5 heteroatoms. The second-order valence-corrected chi connectivity index (χ2v) is 3.52. The summed E-state index contributed by atoms with van der Waals surface area (Å²) in [6.45, 7) is 1.73. The van der Waals surface area contributed by atoms with E-state index < -0.39 is 17.6 Å². The average Bonchev–Trinajstić information content (AvgIpc) is 2.45. The molecule has 2 N–H and O–H groups in total. The minimum atomic E-state index is -0.648. The highest BCUT2D eigenvalue weighted by molar-refractivity contribution is 5.75. The van der Waals surface area contributed by atoms with Crippen LogP contribution in [0.1, 0.15) is 6.92 Å². The second-order valence-electron chi connectivity index (χ2n) is 3.52. The number of aliphatic hydroxyl groups excluding tert-OH is 1.